The number of likely N-dealkylation sites (tertiary alicyclic amines) is 1. The van der Waals surface area contributed by atoms with Gasteiger partial charge in [0.1, 0.15) is 23.6 Å². The molecular weight excluding hydrogens is 708 g/mol. The number of carbonyl (C=O) groups excluding carboxylic acids is 6. The molecule has 1 aromatic heterocycles. The zero-order valence-electron chi connectivity index (χ0n) is 30.5. The summed E-state index contributed by atoms with van der Waals surface area (Å²) >= 11 is 0. The van der Waals surface area contributed by atoms with Crippen molar-refractivity contribution in [2.75, 3.05) is 18.4 Å². The van der Waals surface area contributed by atoms with Gasteiger partial charge in [-0.05, 0) is 80.1 Å². The fourth-order valence-corrected chi connectivity index (χ4v) is 7.45. The number of nitrogens with zero attached hydrogens (tertiary/aromatic N) is 5. The normalized spacial score (nSPS) is 18.1. The highest BCUT2D eigenvalue weighted by molar-refractivity contribution is 6.07. The van der Waals surface area contributed by atoms with Crippen LogP contribution in [0.25, 0.3) is 17.1 Å². The van der Waals surface area contributed by atoms with Gasteiger partial charge in [-0.2, -0.15) is 0 Å². The van der Waals surface area contributed by atoms with Gasteiger partial charge in [0, 0.05) is 60.2 Å². The first-order valence-corrected chi connectivity index (χ1v) is 18.2. The number of fused-ring (bicyclic) bond motifs is 1. The molecule has 2 saturated heterocycles. The van der Waals surface area contributed by atoms with Gasteiger partial charge in [0.05, 0.1) is 5.56 Å². The number of piperidine rings is 1. The van der Waals surface area contributed by atoms with Crippen LogP contribution in [0.4, 0.5) is 5.69 Å². The third-order valence-corrected chi connectivity index (χ3v) is 10.2. The van der Waals surface area contributed by atoms with E-state index in [0.717, 1.165) is 0 Å². The lowest BCUT2D eigenvalue weighted by atomic mass is 9.98. The molecule has 3 aliphatic heterocycles. The Morgan fingerprint density at radius 3 is 2.44 bits per heavy atom. The molecule has 1 unspecified atom stereocenters. The van der Waals surface area contributed by atoms with Gasteiger partial charge in [-0.25, -0.2) is 0 Å². The second-order valence-corrected chi connectivity index (χ2v) is 14.0. The lowest BCUT2D eigenvalue weighted by Crippen LogP contribution is -2.52. The fraction of sp³-hybridized carbons (Fsp3) is 0.333. The van der Waals surface area contributed by atoms with Crippen LogP contribution in [0.15, 0.2) is 54.6 Å². The second-order valence-electron chi connectivity index (χ2n) is 14.0. The zero-order valence-corrected chi connectivity index (χ0v) is 30.5. The predicted molar refractivity (Wildman–Crippen MR) is 197 cm³/mol. The van der Waals surface area contributed by atoms with E-state index in [9.17, 15) is 39.0 Å². The highest BCUT2D eigenvalue weighted by Gasteiger charge is 2.41. The molecule has 16 heteroatoms. The van der Waals surface area contributed by atoms with E-state index >= 15 is 0 Å². The van der Waals surface area contributed by atoms with Crippen molar-refractivity contribution in [2.45, 2.75) is 71.0 Å². The van der Waals surface area contributed by atoms with Crippen LogP contribution in [0.3, 0.4) is 0 Å². The number of amides is 6. The van der Waals surface area contributed by atoms with E-state index in [1.807, 2.05) is 13.8 Å². The summed E-state index contributed by atoms with van der Waals surface area (Å²) in [7, 11) is 0. The molecule has 6 amide bonds. The molecule has 7 rings (SSSR count). The van der Waals surface area contributed by atoms with E-state index in [2.05, 4.69) is 26.1 Å². The minimum atomic E-state index is -0.801. The quantitative estimate of drug-likeness (QED) is 0.158. The van der Waals surface area contributed by atoms with E-state index in [-0.39, 0.29) is 71.7 Å². The summed E-state index contributed by atoms with van der Waals surface area (Å²) in [6, 6.07) is 12.6. The summed E-state index contributed by atoms with van der Waals surface area (Å²) in [5.74, 6) is -2.93. The first-order chi connectivity index (χ1) is 26.4. The van der Waals surface area contributed by atoms with Crippen LogP contribution in [0.1, 0.15) is 94.8 Å². The van der Waals surface area contributed by atoms with Crippen LogP contribution >= 0.6 is 0 Å². The SMILES string of the molecule is CCNC(=O)c1nnc(-c2cc(C(C)C)c(O)cc2O)n1-c1ccc(C(=O)N2CCC[C@H]2C(=O)Nc2cccc3c2CN(C2CCC(=O)NC2=O)C3=O)cc1. The number of imide groups is 1. The molecule has 2 atom stereocenters. The number of phenols is 2. The Morgan fingerprint density at radius 2 is 1.73 bits per heavy atom. The van der Waals surface area contributed by atoms with E-state index in [1.165, 1.54) is 20.4 Å². The van der Waals surface area contributed by atoms with Crippen molar-refractivity contribution in [1.82, 2.24) is 35.2 Å². The molecule has 0 radical (unpaired) electrons. The summed E-state index contributed by atoms with van der Waals surface area (Å²) < 4.78 is 1.46. The number of rotatable bonds is 9. The minimum Gasteiger partial charge on any atom is -0.508 e. The van der Waals surface area contributed by atoms with Crippen LogP contribution in [0.2, 0.25) is 0 Å². The van der Waals surface area contributed by atoms with E-state index in [0.29, 0.717) is 59.6 Å². The average Bonchev–Trinajstić information content (AvgIpc) is 3.90. The highest BCUT2D eigenvalue weighted by Crippen LogP contribution is 2.38. The van der Waals surface area contributed by atoms with E-state index in [4.69, 9.17) is 0 Å². The molecule has 0 saturated carbocycles. The van der Waals surface area contributed by atoms with Crippen molar-refractivity contribution in [2.24, 2.45) is 0 Å². The molecule has 55 heavy (non-hydrogen) atoms. The molecule has 0 bridgehead atoms. The summed E-state index contributed by atoms with van der Waals surface area (Å²) in [4.78, 5) is 81.2. The maximum atomic E-state index is 13.9. The molecular formula is C39H40N8O8. The number of hydrogen-bond donors (Lipinski definition) is 5. The maximum absolute atomic E-state index is 13.9. The van der Waals surface area contributed by atoms with Gasteiger partial charge in [0.2, 0.25) is 23.5 Å². The van der Waals surface area contributed by atoms with Gasteiger partial charge in [-0.1, -0.05) is 19.9 Å². The van der Waals surface area contributed by atoms with Crippen molar-refractivity contribution in [3.8, 4) is 28.6 Å². The number of carbonyl (C=O) groups is 6. The van der Waals surface area contributed by atoms with Crippen LogP contribution in [0, 0.1) is 0 Å². The molecule has 3 aliphatic rings. The standard InChI is InChI=1S/C39H40N8O8/c1-4-40-37(53)34-44-43-33(25-17-24(20(2)3)30(48)18-31(25)49)47(34)22-12-10-21(11-13-22)38(54)45-16-6-9-28(45)35(51)41-27-8-5-7-23-26(27)19-46(39(23)55)29-14-15-32(50)42-36(29)52/h5,7-8,10-13,17-18,20,28-29,48-49H,4,6,9,14-16,19H2,1-3H3,(H,40,53)(H,41,51)(H,42,50,52)/t28-,29?/m0/s1. The maximum Gasteiger partial charge on any atom is 0.289 e. The van der Waals surface area contributed by atoms with Crippen LogP contribution in [0.5, 0.6) is 11.5 Å². The largest absolute Gasteiger partial charge is 0.508 e. The average molecular weight is 749 g/mol. The molecule has 0 aliphatic carbocycles. The van der Waals surface area contributed by atoms with Gasteiger partial charge >= 0.3 is 0 Å². The molecule has 16 nitrogen and oxygen atoms in total. The van der Waals surface area contributed by atoms with Crippen LogP contribution < -0.4 is 16.0 Å². The molecule has 4 heterocycles. The van der Waals surface area contributed by atoms with Crippen LogP contribution in [-0.4, -0.2) is 95.4 Å². The van der Waals surface area contributed by atoms with Crippen LogP contribution in [-0.2, 0) is 20.9 Å². The monoisotopic (exact) mass is 748 g/mol. The number of anilines is 1. The number of phenolic OH excluding ortho intramolecular Hbond substituents is 2. The fourth-order valence-electron chi connectivity index (χ4n) is 7.45. The number of hydrogen-bond acceptors (Lipinski definition) is 10. The Kier molecular flexibility index (Phi) is 9.82. The summed E-state index contributed by atoms with van der Waals surface area (Å²) in [5.41, 5.74) is 2.83. The first-order valence-electron chi connectivity index (χ1n) is 18.2. The predicted octanol–water partition coefficient (Wildman–Crippen LogP) is 3.22. The smallest absolute Gasteiger partial charge is 0.289 e. The lowest BCUT2D eigenvalue weighted by molar-refractivity contribution is -0.137. The Morgan fingerprint density at radius 1 is 0.964 bits per heavy atom. The molecule has 284 valence electrons. The summed E-state index contributed by atoms with van der Waals surface area (Å²) in [5, 5.41) is 37.6. The molecule has 5 N–H and O–H groups in total. The molecule has 0 spiro atoms. The molecule has 4 aromatic rings. The Balaban J connectivity index is 1.12. The topological polar surface area (TPSA) is 216 Å². The molecule has 3 aromatic carbocycles. The third-order valence-electron chi connectivity index (χ3n) is 10.2. The third kappa shape index (κ3) is 6.75. The first kappa shape index (κ1) is 36.8. The van der Waals surface area contributed by atoms with Crippen molar-refractivity contribution >= 4 is 41.1 Å². The Bertz CT molecular complexity index is 2250. The highest BCUT2D eigenvalue weighted by atomic mass is 16.3. The van der Waals surface area contributed by atoms with Gasteiger partial charge in [0.15, 0.2) is 5.82 Å². The van der Waals surface area contributed by atoms with Gasteiger partial charge in [-0.3, -0.25) is 38.7 Å². The van der Waals surface area contributed by atoms with Crippen molar-refractivity contribution < 1.29 is 39.0 Å². The number of aromatic hydroxyl groups is 2. The van der Waals surface area contributed by atoms with Gasteiger partial charge in [-0.15, -0.1) is 10.2 Å². The molecule has 2 fully saturated rings. The Hall–Kier alpha value is -6.58. The Labute approximate surface area is 315 Å². The lowest BCUT2D eigenvalue weighted by Gasteiger charge is -2.29. The van der Waals surface area contributed by atoms with Crippen molar-refractivity contribution in [3.63, 3.8) is 0 Å². The zero-order chi connectivity index (χ0) is 39.1. The van der Waals surface area contributed by atoms with Crippen molar-refractivity contribution in [1.29, 1.82) is 0 Å². The summed E-state index contributed by atoms with van der Waals surface area (Å²) in [6.45, 7) is 6.28. The van der Waals surface area contributed by atoms with Crippen molar-refractivity contribution in [3.05, 3.63) is 82.7 Å². The second kappa shape index (κ2) is 14.7. The van der Waals surface area contributed by atoms with E-state index < -0.39 is 29.8 Å². The number of benzene rings is 3. The number of aromatic nitrogens is 3. The van der Waals surface area contributed by atoms with E-state index in [1.54, 1.807) is 55.5 Å². The minimum absolute atomic E-state index is 0.0555. The summed E-state index contributed by atoms with van der Waals surface area (Å²) in [6.07, 6.45) is 1.34. The van der Waals surface area contributed by atoms with Gasteiger partial charge in [0.25, 0.3) is 17.7 Å². The van der Waals surface area contributed by atoms with Gasteiger partial charge < -0.3 is 30.6 Å². The number of nitrogens with one attached hydrogen (secondary N) is 3.